The molecule has 0 aliphatic carbocycles. The Morgan fingerprint density at radius 2 is 1.57 bits per heavy atom. The predicted molar refractivity (Wildman–Crippen MR) is 120 cm³/mol. The van der Waals surface area contributed by atoms with Gasteiger partial charge in [-0.3, -0.25) is 9.59 Å². The molecule has 1 N–H and O–H groups in total. The first-order chi connectivity index (χ1) is 14.7. The van der Waals surface area contributed by atoms with Gasteiger partial charge in [0, 0.05) is 10.6 Å². The van der Waals surface area contributed by atoms with E-state index in [9.17, 15) is 9.59 Å². The number of rotatable bonds is 3. The lowest BCUT2D eigenvalue weighted by Gasteiger charge is -2.22. The van der Waals surface area contributed by atoms with Crippen LogP contribution in [0.15, 0.2) is 94.2 Å². The molecular weight excluding hydrogens is 392 g/mol. The fourth-order valence-corrected chi connectivity index (χ4v) is 5.00. The third kappa shape index (κ3) is 3.02. The molecule has 0 saturated carbocycles. The van der Waals surface area contributed by atoms with Crippen LogP contribution in [0, 0.1) is 0 Å². The van der Waals surface area contributed by atoms with Gasteiger partial charge in [-0.2, -0.15) is 0 Å². The van der Waals surface area contributed by atoms with Crippen LogP contribution < -0.4 is 10.2 Å². The SMILES string of the molecule is CCc1ccc(N2C(=O)C3=C(C2=O)[C@H](c2ccccc2)Nc2ccccc2S3)cc1. The van der Waals surface area contributed by atoms with E-state index >= 15 is 0 Å². The zero-order chi connectivity index (χ0) is 20.7. The molecule has 3 aromatic carbocycles. The number of aryl methyl sites for hydroxylation is 1. The van der Waals surface area contributed by atoms with E-state index < -0.39 is 6.04 Å². The van der Waals surface area contributed by atoms with Crippen LogP contribution in [0.4, 0.5) is 11.4 Å². The maximum absolute atomic E-state index is 13.6. The summed E-state index contributed by atoms with van der Waals surface area (Å²) in [5, 5.41) is 3.51. The Hall–Kier alpha value is -3.31. The van der Waals surface area contributed by atoms with E-state index in [0.717, 1.165) is 22.6 Å². The molecule has 0 aromatic heterocycles. The molecule has 30 heavy (non-hydrogen) atoms. The van der Waals surface area contributed by atoms with E-state index in [2.05, 4.69) is 12.2 Å². The number of hydrogen-bond acceptors (Lipinski definition) is 4. The number of hydrogen-bond donors (Lipinski definition) is 1. The number of thioether (sulfide) groups is 1. The van der Waals surface area contributed by atoms with Gasteiger partial charge in [-0.05, 0) is 41.8 Å². The van der Waals surface area contributed by atoms with Gasteiger partial charge in [0.05, 0.1) is 22.2 Å². The van der Waals surface area contributed by atoms with E-state index in [-0.39, 0.29) is 11.8 Å². The Morgan fingerprint density at radius 3 is 2.30 bits per heavy atom. The molecule has 2 amide bonds. The quantitative estimate of drug-likeness (QED) is 0.591. The molecule has 5 heteroatoms. The largest absolute Gasteiger partial charge is 0.373 e. The molecule has 5 rings (SSSR count). The molecule has 0 fully saturated rings. The highest BCUT2D eigenvalue weighted by molar-refractivity contribution is 8.04. The normalized spacial score (nSPS) is 18.0. The summed E-state index contributed by atoms with van der Waals surface area (Å²) >= 11 is 1.37. The van der Waals surface area contributed by atoms with Gasteiger partial charge < -0.3 is 5.32 Å². The van der Waals surface area contributed by atoms with Gasteiger partial charge in [-0.1, -0.05) is 73.3 Å². The van der Waals surface area contributed by atoms with E-state index in [1.54, 1.807) is 0 Å². The number of benzene rings is 3. The van der Waals surface area contributed by atoms with Crippen molar-refractivity contribution < 1.29 is 9.59 Å². The highest BCUT2D eigenvalue weighted by Gasteiger charge is 2.45. The number of anilines is 2. The Labute approximate surface area is 179 Å². The standard InChI is InChI=1S/C25H20N2O2S/c1-2-16-12-14-18(15-13-16)27-24(28)21-22(17-8-4-3-5-9-17)26-19-10-6-7-11-20(19)30-23(21)25(27)29/h3-15,22,26H,2H2,1H3/t22-/m0/s1. The van der Waals surface area contributed by atoms with E-state index in [1.165, 1.54) is 22.2 Å². The summed E-state index contributed by atoms with van der Waals surface area (Å²) in [6, 6.07) is 24.9. The Kier molecular flexibility index (Phi) is 4.68. The predicted octanol–water partition coefficient (Wildman–Crippen LogP) is 5.34. The molecule has 2 aliphatic heterocycles. The molecule has 4 nitrogen and oxygen atoms in total. The second-order valence-electron chi connectivity index (χ2n) is 7.29. The summed E-state index contributed by atoms with van der Waals surface area (Å²) in [4.78, 5) is 29.8. The van der Waals surface area contributed by atoms with Gasteiger partial charge in [0.1, 0.15) is 0 Å². The van der Waals surface area contributed by atoms with Crippen molar-refractivity contribution in [3.63, 3.8) is 0 Å². The summed E-state index contributed by atoms with van der Waals surface area (Å²) in [6.07, 6.45) is 0.906. The van der Waals surface area contributed by atoms with Crippen LogP contribution in [0.5, 0.6) is 0 Å². The van der Waals surface area contributed by atoms with Gasteiger partial charge in [-0.15, -0.1) is 0 Å². The van der Waals surface area contributed by atoms with Gasteiger partial charge in [0.2, 0.25) is 0 Å². The molecule has 1 atom stereocenters. The van der Waals surface area contributed by atoms with Crippen LogP contribution in [0.2, 0.25) is 0 Å². The molecule has 0 radical (unpaired) electrons. The van der Waals surface area contributed by atoms with Crippen LogP contribution in [-0.4, -0.2) is 11.8 Å². The fourth-order valence-electron chi connectivity index (χ4n) is 3.90. The molecule has 2 aliphatic rings. The average molecular weight is 413 g/mol. The van der Waals surface area contributed by atoms with Crippen LogP contribution in [0.3, 0.4) is 0 Å². The average Bonchev–Trinajstić information content (AvgIpc) is 2.93. The molecule has 148 valence electrons. The maximum Gasteiger partial charge on any atom is 0.272 e. The van der Waals surface area contributed by atoms with Crippen molar-refractivity contribution >= 4 is 35.0 Å². The van der Waals surface area contributed by atoms with Gasteiger partial charge in [0.25, 0.3) is 11.8 Å². The topological polar surface area (TPSA) is 49.4 Å². The first-order valence-electron chi connectivity index (χ1n) is 9.97. The monoisotopic (exact) mass is 412 g/mol. The number of nitrogens with one attached hydrogen (secondary N) is 1. The van der Waals surface area contributed by atoms with Crippen LogP contribution in [0.1, 0.15) is 24.1 Å². The molecular formula is C25H20N2O2S. The third-order valence-electron chi connectivity index (χ3n) is 5.50. The first kappa shape index (κ1) is 18.7. The maximum atomic E-state index is 13.6. The molecule has 0 spiro atoms. The first-order valence-corrected chi connectivity index (χ1v) is 10.8. The number of carbonyl (C=O) groups is 2. The van der Waals surface area contributed by atoms with Gasteiger partial charge >= 0.3 is 0 Å². The number of para-hydroxylation sites is 1. The lowest BCUT2D eigenvalue weighted by Crippen LogP contribution is -2.33. The zero-order valence-corrected chi connectivity index (χ0v) is 17.3. The Bertz CT molecular complexity index is 1170. The lowest BCUT2D eigenvalue weighted by molar-refractivity contribution is -0.120. The smallest absolute Gasteiger partial charge is 0.272 e. The molecule has 0 saturated heterocycles. The molecule has 0 bridgehead atoms. The van der Waals surface area contributed by atoms with Crippen molar-refractivity contribution in [1.29, 1.82) is 0 Å². The van der Waals surface area contributed by atoms with Crippen LogP contribution in [0.25, 0.3) is 0 Å². The summed E-state index contributed by atoms with van der Waals surface area (Å²) in [7, 11) is 0. The van der Waals surface area contributed by atoms with Crippen molar-refractivity contribution in [3.05, 3.63) is 100 Å². The minimum Gasteiger partial charge on any atom is -0.373 e. The van der Waals surface area contributed by atoms with E-state index in [1.807, 2.05) is 78.9 Å². The number of imide groups is 1. The van der Waals surface area contributed by atoms with Gasteiger partial charge in [0.15, 0.2) is 0 Å². The third-order valence-corrected chi connectivity index (χ3v) is 6.67. The Morgan fingerprint density at radius 1 is 0.867 bits per heavy atom. The van der Waals surface area contributed by atoms with Gasteiger partial charge in [-0.25, -0.2) is 4.90 Å². The minimum atomic E-state index is -0.395. The highest BCUT2D eigenvalue weighted by atomic mass is 32.2. The van der Waals surface area contributed by atoms with Crippen LogP contribution in [-0.2, 0) is 16.0 Å². The van der Waals surface area contributed by atoms with E-state index in [4.69, 9.17) is 0 Å². The summed E-state index contributed by atoms with van der Waals surface area (Å²) < 4.78 is 0. The molecule has 2 heterocycles. The van der Waals surface area contributed by atoms with Crippen molar-refractivity contribution in [3.8, 4) is 0 Å². The van der Waals surface area contributed by atoms with Crippen molar-refractivity contribution in [2.45, 2.75) is 24.3 Å². The summed E-state index contributed by atoms with van der Waals surface area (Å²) in [5.74, 6) is -0.524. The van der Waals surface area contributed by atoms with Crippen molar-refractivity contribution in [2.75, 3.05) is 10.2 Å². The summed E-state index contributed by atoms with van der Waals surface area (Å²) in [6.45, 7) is 2.08. The fraction of sp³-hybridized carbons (Fsp3) is 0.120. The molecule has 3 aromatic rings. The lowest BCUT2D eigenvalue weighted by atomic mass is 9.98. The number of nitrogens with zero attached hydrogens (tertiary/aromatic N) is 1. The van der Waals surface area contributed by atoms with Crippen molar-refractivity contribution in [1.82, 2.24) is 0 Å². The number of amides is 2. The van der Waals surface area contributed by atoms with Crippen LogP contribution >= 0.6 is 11.8 Å². The second-order valence-corrected chi connectivity index (χ2v) is 8.35. The van der Waals surface area contributed by atoms with Crippen molar-refractivity contribution in [2.24, 2.45) is 0 Å². The number of fused-ring (bicyclic) bond motifs is 1. The number of carbonyl (C=O) groups excluding carboxylic acids is 2. The molecule has 0 unspecified atom stereocenters. The highest BCUT2D eigenvalue weighted by Crippen LogP contribution is 2.47. The zero-order valence-electron chi connectivity index (χ0n) is 16.5. The second kappa shape index (κ2) is 7.50. The summed E-state index contributed by atoms with van der Waals surface area (Å²) in [5.41, 5.74) is 4.15. The minimum absolute atomic E-state index is 0.260. The Balaban J connectivity index is 1.63. The van der Waals surface area contributed by atoms with E-state index in [0.29, 0.717) is 16.2 Å².